The van der Waals surface area contributed by atoms with Crippen LogP contribution in [0.4, 0.5) is 11.4 Å². The number of carbonyl (C=O) groups is 3. The van der Waals surface area contributed by atoms with Gasteiger partial charge in [0.15, 0.2) is 5.60 Å². The van der Waals surface area contributed by atoms with Crippen LogP contribution in [0.5, 0.6) is 11.5 Å². The molecule has 0 bridgehead atoms. The van der Waals surface area contributed by atoms with E-state index in [9.17, 15) is 14.7 Å². The molecule has 3 amide bonds. The van der Waals surface area contributed by atoms with Gasteiger partial charge in [-0.25, -0.2) is 0 Å². The molecular formula is C48H50BrN3O7Si. The van der Waals surface area contributed by atoms with E-state index in [1.54, 1.807) is 48.3 Å². The van der Waals surface area contributed by atoms with E-state index >= 15 is 4.79 Å². The maximum atomic E-state index is 15.4. The lowest BCUT2D eigenvalue weighted by atomic mass is 9.82. The van der Waals surface area contributed by atoms with E-state index in [-0.39, 0.29) is 54.8 Å². The van der Waals surface area contributed by atoms with Crippen molar-refractivity contribution in [3.8, 4) is 11.5 Å². The summed E-state index contributed by atoms with van der Waals surface area (Å²) in [6.45, 7) is 7.20. The van der Waals surface area contributed by atoms with Crippen LogP contribution >= 0.6 is 15.9 Å². The zero-order valence-electron chi connectivity index (χ0n) is 34.5. The number of anilines is 2. The Kier molecular flexibility index (Phi) is 11.5. The van der Waals surface area contributed by atoms with E-state index in [1.165, 1.54) is 5.19 Å². The number of aliphatic hydroxyl groups excluding tert-OH is 1. The Morgan fingerprint density at radius 2 is 1.58 bits per heavy atom. The first-order chi connectivity index (χ1) is 28.9. The van der Waals surface area contributed by atoms with Crippen molar-refractivity contribution in [2.24, 2.45) is 5.92 Å². The molecule has 5 aromatic rings. The number of rotatable bonds is 11. The molecule has 3 heterocycles. The number of fused-ring (bicyclic) bond motifs is 3. The number of carbonyl (C=O) groups excluding carboxylic acids is 3. The Morgan fingerprint density at radius 3 is 2.27 bits per heavy atom. The molecule has 5 atom stereocenters. The van der Waals surface area contributed by atoms with Crippen molar-refractivity contribution in [1.82, 2.24) is 4.90 Å². The molecule has 2 N–H and O–H groups in total. The van der Waals surface area contributed by atoms with Gasteiger partial charge >= 0.3 is 0 Å². The molecule has 3 aliphatic rings. The molecule has 0 aromatic heterocycles. The molecule has 12 heteroatoms. The third kappa shape index (κ3) is 7.44. The highest BCUT2D eigenvalue weighted by Crippen LogP contribution is 2.60. The number of ether oxygens (including phenoxy) is 3. The number of methoxy groups -OCH3 is 2. The van der Waals surface area contributed by atoms with Crippen LogP contribution in [0.15, 0.2) is 120 Å². The second-order valence-corrected chi connectivity index (χ2v) is 22.2. The number of nitrogens with one attached hydrogen (secondary N) is 1. The molecular weight excluding hydrogens is 839 g/mol. The van der Waals surface area contributed by atoms with E-state index in [1.807, 2.05) is 72.8 Å². The summed E-state index contributed by atoms with van der Waals surface area (Å²) in [7, 11) is 0.680. The lowest BCUT2D eigenvalue weighted by molar-refractivity contribution is -0.151. The fourth-order valence-electron chi connectivity index (χ4n) is 9.85. The van der Waals surface area contributed by atoms with Crippen molar-refractivity contribution < 1.29 is 33.7 Å². The Hall–Kier alpha value is -5.27. The van der Waals surface area contributed by atoms with Crippen LogP contribution in [0, 0.1) is 5.92 Å². The van der Waals surface area contributed by atoms with Crippen LogP contribution in [0.3, 0.4) is 0 Å². The minimum absolute atomic E-state index is 0.0641. The van der Waals surface area contributed by atoms with Crippen LogP contribution in [-0.4, -0.2) is 68.8 Å². The summed E-state index contributed by atoms with van der Waals surface area (Å²) in [4.78, 5) is 46.9. The summed E-state index contributed by atoms with van der Waals surface area (Å²) < 4.78 is 18.9. The number of hydrogen-bond acceptors (Lipinski definition) is 7. The molecule has 0 aliphatic carbocycles. The topological polar surface area (TPSA) is 118 Å². The smallest absolute Gasteiger partial charge is 0.264 e. The van der Waals surface area contributed by atoms with Gasteiger partial charge in [0.1, 0.15) is 11.5 Å². The average molecular weight is 889 g/mol. The number of hydrogen-bond donors (Lipinski definition) is 2. The van der Waals surface area contributed by atoms with Crippen molar-refractivity contribution in [2.45, 2.75) is 69.2 Å². The van der Waals surface area contributed by atoms with Gasteiger partial charge in [-0.15, -0.1) is 0 Å². The quantitative estimate of drug-likeness (QED) is 0.130. The van der Waals surface area contributed by atoms with E-state index in [2.05, 4.69) is 59.5 Å². The van der Waals surface area contributed by atoms with Gasteiger partial charge in [0.2, 0.25) is 5.91 Å². The van der Waals surface area contributed by atoms with E-state index in [0.717, 1.165) is 38.2 Å². The molecule has 1 saturated heterocycles. The highest BCUT2D eigenvalue weighted by Gasteiger charge is 2.66. The highest BCUT2D eigenvalue weighted by atomic mass is 79.9. The summed E-state index contributed by atoms with van der Waals surface area (Å²) in [5, 5.41) is 14.7. The van der Waals surface area contributed by atoms with E-state index < -0.39 is 19.8 Å². The molecule has 8 rings (SSSR count). The SMILES string of the molecule is COc1ccc(C(=O)Nc2cccc(CN3C(=O)[C@]4(O[C@H](CC(=O)N5Cc6ccccc6C[C@H]5CO)[C@@H]([Si](C)(C)c5ccc(OC)cc5)[C@@H]4C)c4cc(Br)ccc43)c2)cc1. The van der Waals surface area contributed by atoms with Crippen LogP contribution in [0.1, 0.15) is 46.0 Å². The minimum atomic E-state index is -2.55. The summed E-state index contributed by atoms with van der Waals surface area (Å²) >= 11 is 3.70. The largest absolute Gasteiger partial charge is 0.497 e. The standard InChI is InChI=1S/C48H50BrN3O7Si/c1-30-45(60(4,5)40-20-18-39(58-3)19-21-40)43(26-44(54)51-28-34-11-7-6-10-33(34)24-37(51)29-53)59-48(30)41-25-35(49)15-22-42(41)52(47(48)56)27-31-9-8-12-36(23-31)50-46(55)32-13-16-38(57-2)17-14-32/h6-23,25,30,37,43,45,53H,24,26-29H2,1-5H3,(H,50,55)/t30-,37-,43+,45-,48+/m0/s1. The van der Waals surface area contributed by atoms with Crippen LogP contribution in [-0.2, 0) is 39.4 Å². The predicted octanol–water partition coefficient (Wildman–Crippen LogP) is 7.82. The Balaban J connectivity index is 1.14. The van der Waals surface area contributed by atoms with Gasteiger partial charge in [-0.05, 0) is 95.4 Å². The number of aliphatic hydroxyl groups is 1. The lowest BCUT2D eigenvalue weighted by Crippen LogP contribution is -2.52. The first kappa shape index (κ1) is 41.5. The molecule has 1 fully saturated rings. The normalized spacial score (nSPS) is 22.1. The molecule has 60 heavy (non-hydrogen) atoms. The molecule has 5 aromatic carbocycles. The Bertz CT molecular complexity index is 2430. The van der Waals surface area contributed by atoms with Crippen molar-refractivity contribution >= 4 is 58.3 Å². The van der Waals surface area contributed by atoms with Crippen molar-refractivity contribution in [3.63, 3.8) is 0 Å². The molecule has 10 nitrogen and oxygen atoms in total. The van der Waals surface area contributed by atoms with Crippen molar-refractivity contribution in [2.75, 3.05) is 31.0 Å². The first-order valence-electron chi connectivity index (χ1n) is 20.3. The molecule has 0 unspecified atom stereocenters. The van der Waals surface area contributed by atoms with Crippen LogP contribution in [0.25, 0.3) is 0 Å². The van der Waals surface area contributed by atoms with Gasteiger partial charge < -0.3 is 34.4 Å². The molecule has 3 aliphatic heterocycles. The second-order valence-electron chi connectivity index (χ2n) is 16.6. The highest BCUT2D eigenvalue weighted by molar-refractivity contribution is 9.10. The fraction of sp³-hybridized carbons (Fsp3) is 0.312. The molecule has 310 valence electrons. The molecule has 1 spiro atoms. The summed E-state index contributed by atoms with van der Waals surface area (Å²) in [6, 6.07) is 36.2. The molecule has 0 saturated carbocycles. The maximum Gasteiger partial charge on any atom is 0.264 e. The number of benzene rings is 5. The summed E-state index contributed by atoms with van der Waals surface area (Å²) in [5.41, 5.74) is 4.09. The van der Waals surface area contributed by atoms with E-state index in [4.69, 9.17) is 14.2 Å². The number of halogens is 1. The second kappa shape index (κ2) is 16.6. The maximum absolute atomic E-state index is 15.4. The van der Waals surface area contributed by atoms with Gasteiger partial charge in [0, 0.05) is 33.7 Å². The van der Waals surface area contributed by atoms with E-state index in [0.29, 0.717) is 30.0 Å². The van der Waals surface area contributed by atoms with Gasteiger partial charge in [-0.1, -0.05) is 89.7 Å². The van der Waals surface area contributed by atoms with Crippen LogP contribution < -0.4 is 24.9 Å². The first-order valence-corrected chi connectivity index (χ1v) is 24.2. The van der Waals surface area contributed by atoms with Gasteiger partial charge in [0.25, 0.3) is 11.8 Å². The van der Waals surface area contributed by atoms with Crippen molar-refractivity contribution in [3.05, 3.63) is 148 Å². The third-order valence-corrected chi connectivity index (χ3v) is 17.8. The van der Waals surface area contributed by atoms with Crippen LogP contribution in [0.2, 0.25) is 18.6 Å². The van der Waals surface area contributed by atoms with Crippen molar-refractivity contribution in [1.29, 1.82) is 0 Å². The molecule has 0 radical (unpaired) electrons. The summed E-state index contributed by atoms with van der Waals surface area (Å²) in [6.07, 6.45) is 0.0373. The monoisotopic (exact) mass is 887 g/mol. The van der Waals surface area contributed by atoms with Gasteiger partial charge in [-0.3, -0.25) is 14.4 Å². The van der Waals surface area contributed by atoms with Gasteiger partial charge in [0.05, 0.1) is 59.7 Å². The summed E-state index contributed by atoms with van der Waals surface area (Å²) in [5.74, 6) is 0.545. The predicted molar refractivity (Wildman–Crippen MR) is 238 cm³/mol. The minimum Gasteiger partial charge on any atom is -0.497 e. The Labute approximate surface area is 360 Å². The zero-order chi connectivity index (χ0) is 42.3. The fourth-order valence-corrected chi connectivity index (χ4v) is 14.2. The third-order valence-electron chi connectivity index (χ3n) is 12.9. The zero-order valence-corrected chi connectivity index (χ0v) is 37.1. The number of nitrogens with zero attached hydrogens (tertiary/aromatic N) is 2. The Morgan fingerprint density at radius 1 is 0.900 bits per heavy atom. The number of amides is 3. The van der Waals surface area contributed by atoms with Gasteiger partial charge in [-0.2, -0.15) is 0 Å². The lowest BCUT2D eigenvalue weighted by Gasteiger charge is -2.39. The average Bonchev–Trinajstić information content (AvgIpc) is 3.68.